The minimum Gasteiger partial charge on any atom is -0.317 e. The molecule has 2 heteroatoms. The second-order valence-electron chi connectivity index (χ2n) is 7.06. The van der Waals surface area contributed by atoms with E-state index >= 15 is 0 Å². The molecule has 0 radical (unpaired) electrons. The molecular weight excluding hydrogens is 261 g/mol. The maximum atomic E-state index is 13.3. The van der Waals surface area contributed by atoms with Crippen LogP contribution in [0.1, 0.15) is 98.3 Å². The van der Waals surface area contributed by atoms with E-state index in [1.165, 1.54) is 70.9 Å². The molecule has 0 heterocycles. The van der Waals surface area contributed by atoms with Gasteiger partial charge in [-0.3, -0.25) is 0 Å². The summed E-state index contributed by atoms with van der Waals surface area (Å²) in [5.74, 6) is 0.334. The van der Waals surface area contributed by atoms with Crippen molar-refractivity contribution in [2.45, 2.75) is 104 Å². The van der Waals surface area contributed by atoms with Gasteiger partial charge in [-0.2, -0.15) is 0 Å². The highest BCUT2D eigenvalue weighted by molar-refractivity contribution is 4.80. The van der Waals surface area contributed by atoms with Crippen molar-refractivity contribution in [2.75, 3.05) is 13.1 Å². The summed E-state index contributed by atoms with van der Waals surface area (Å²) in [6, 6.07) is 0. The average molecular weight is 302 g/mol. The monoisotopic (exact) mass is 301 g/mol. The van der Waals surface area contributed by atoms with E-state index in [2.05, 4.69) is 19.2 Å². The Balaban J connectivity index is 0.000000315. The van der Waals surface area contributed by atoms with Crippen LogP contribution in [0.15, 0.2) is 0 Å². The van der Waals surface area contributed by atoms with Crippen molar-refractivity contribution in [2.24, 2.45) is 5.92 Å². The Hall–Kier alpha value is -0.110. The number of nitrogens with one attached hydrogen (secondary N) is 1. The highest BCUT2D eigenvalue weighted by Gasteiger charge is 2.29. The van der Waals surface area contributed by atoms with Crippen LogP contribution in [0.2, 0.25) is 0 Å². The molecule has 2 fully saturated rings. The van der Waals surface area contributed by atoms with Gasteiger partial charge in [0, 0.05) is 0 Å². The molecule has 0 spiro atoms. The zero-order valence-electron chi connectivity index (χ0n) is 15.1. The van der Waals surface area contributed by atoms with E-state index in [-0.39, 0.29) is 0 Å². The third-order valence-electron chi connectivity index (χ3n) is 4.43. The van der Waals surface area contributed by atoms with Gasteiger partial charge in [0.05, 0.1) is 0 Å². The summed E-state index contributed by atoms with van der Waals surface area (Å²) in [6.45, 7) is 10.1. The molecule has 1 nitrogen and oxygen atoms in total. The summed E-state index contributed by atoms with van der Waals surface area (Å²) >= 11 is 0. The van der Waals surface area contributed by atoms with Crippen molar-refractivity contribution in [3.63, 3.8) is 0 Å². The Morgan fingerprint density at radius 1 is 0.810 bits per heavy atom. The van der Waals surface area contributed by atoms with Crippen LogP contribution in [0.4, 0.5) is 4.39 Å². The lowest BCUT2D eigenvalue weighted by atomic mass is 9.80. The predicted octanol–water partition coefficient (Wildman–Crippen LogP) is 6.27. The van der Waals surface area contributed by atoms with Crippen molar-refractivity contribution in [1.82, 2.24) is 5.32 Å². The summed E-state index contributed by atoms with van der Waals surface area (Å²) in [6.07, 6.45) is 14.5. The molecule has 0 unspecified atom stereocenters. The van der Waals surface area contributed by atoms with Crippen LogP contribution in [-0.4, -0.2) is 18.8 Å². The molecule has 0 aromatic carbocycles. The van der Waals surface area contributed by atoms with Gasteiger partial charge in [0.25, 0.3) is 0 Å². The SMILES string of the molecule is C1CCC1.CC(C)(F)C1CCCCC1.CCCNCCC. The predicted molar refractivity (Wildman–Crippen MR) is 93.7 cm³/mol. The third-order valence-corrected chi connectivity index (χ3v) is 4.43. The Morgan fingerprint density at radius 2 is 1.19 bits per heavy atom. The molecule has 2 saturated carbocycles. The van der Waals surface area contributed by atoms with Crippen LogP contribution in [0.5, 0.6) is 0 Å². The van der Waals surface area contributed by atoms with Gasteiger partial charge < -0.3 is 5.32 Å². The standard InChI is InChI=1S/C9H17F.C6H15N.C4H8/c1-9(2,10)8-6-4-3-5-7-8;1-3-5-7-6-4-2;1-2-4-3-1/h8H,3-7H2,1-2H3;7H,3-6H2,1-2H3;1-4H2. The van der Waals surface area contributed by atoms with Gasteiger partial charge in [0.1, 0.15) is 5.67 Å². The number of halogens is 1. The van der Waals surface area contributed by atoms with Gasteiger partial charge in [0.15, 0.2) is 0 Å². The van der Waals surface area contributed by atoms with Crippen LogP contribution < -0.4 is 5.32 Å². The minimum atomic E-state index is -0.930. The van der Waals surface area contributed by atoms with Crippen LogP contribution in [0.25, 0.3) is 0 Å². The normalized spacial score (nSPS) is 18.7. The Kier molecular flexibility index (Phi) is 13.5. The molecule has 2 aliphatic carbocycles. The fraction of sp³-hybridized carbons (Fsp3) is 1.00. The van der Waals surface area contributed by atoms with Crippen LogP contribution >= 0.6 is 0 Å². The maximum Gasteiger partial charge on any atom is 0.108 e. The zero-order chi connectivity index (χ0) is 16.0. The van der Waals surface area contributed by atoms with Crippen molar-refractivity contribution < 1.29 is 4.39 Å². The molecule has 0 amide bonds. The Morgan fingerprint density at radius 3 is 1.43 bits per heavy atom. The summed E-state index contributed by atoms with van der Waals surface area (Å²) in [5.41, 5.74) is -0.930. The van der Waals surface area contributed by atoms with E-state index in [0.29, 0.717) is 5.92 Å². The molecule has 2 aliphatic rings. The first-order chi connectivity index (χ1) is 10.0. The van der Waals surface area contributed by atoms with Crippen LogP contribution in [-0.2, 0) is 0 Å². The van der Waals surface area contributed by atoms with E-state index in [1.807, 2.05) is 0 Å². The Bertz CT molecular complexity index is 192. The molecular formula is C19H40FN. The van der Waals surface area contributed by atoms with Gasteiger partial charge in [0.2, 0.25) is 0 Å². The largest absolute Gasteiger partial charge is 0.317 e. The second kappa shape index (κ2) is 13.5. The summed E-state index contributed by atoms with van der Waals surface area (Å²) in [7, 11) is 0. The van der Waals surface area contributed by atoms with Gasteiger partial charge in [-0.25, -0.2) is 4.39 Å². The molecule has 0 aromatic heterocycles. The van der Waals surface area contributed by atoms with Gasteiger partial charge >= 0.3 is 0 Å². The van der Waals surface area contributed by atoms with E-state index in [4.69, 9.17) is 0 Å². The minimum absolute atomic E-state index is 0.334. The first-order valence-electron chi connectivity index (χ1n) is 9.42. The van der Waals surface area contributed by atoms with E-state index in [1.54, 1.807) is 13.8 Å². The first-order valence-corrected chi connectivity index (χ1v) is 9.42. The van der Waals surface area contributed by atoms with Crippen molar-refractivity contribution in [1.29, 1.82) is 0 Å². The fourth-order valence-electron chi connectivity index (χ4n) is 2.52. The molecule has 0 atom stereocenters. The molecule has 0 aliphatic heterocycles. The van der Waals surface area contributed by atoms with Crippen molar-refractivity contribution in [3.05, 3.63) is 0 Å². The highest BCUT2D eigenvalue weighted by Crippen LogP contribution is 2.34. The number of rotatable bonds is 5. The average Bonchev–Trinajstić information content (AvgIpc) is 2.38. The highest BCUT2D eigenvalue weighted by atomic mass is 19.1. The van der Waals surface area contributed by atoms with Crippen LogP contribution in [0.3, 0.4) is 0 Å². The summed E-state index contributed by atoms with van der Waals surface area (Å²) in [5, 5.41) is 3.28. The zero-order valence-corrected chi connectivity index (χ0v) is 15.1. The van der Waals surface area contributed by atoms with Crippen molar-refractivity contribution >= 4 is 0 Å². The van der Waals surface area contributed by atoms with E-state index in [0.717, 1.165) is 12.8 Å². The van der Waals surface area contributed by atoms with Crippen LogP contribution in [0, 0.1) is 5.92 Å². The molecule has 2 rings (SSSR count). The molecule has 21 heavy (non-hydrogen) atoms. The number of alkyl halides is 1. The van der Waals surface area contributed by atoms with E-state index in [9.17, 15) is 4.39 Å². The number of hydrogen-bond donors (Lipinski definition) is 1. The fourth-order valence-corrected chi connectivity index (χ4v) is 2.52. The quantitative estimate of drug-likeness (QED) is 0.590. The lowest BCUT2D eigenvalue weighted by Crippen LogP contribution is -2.27. The lowest BCUT2D eigenvalue weighted by Gasteiger charge is -2.30. The van der Waals surface area contributed by atoms with Gasteiger partial charge in [-0.1, -0.05) is 58.8 Å². The number of hydrogen-bond acceptors (Lipinski definition) is 1. The topological polar surface area (TPSA) is 12.0 Å². The Labute approximate surface area is 133 Å². The molecule has 0 aromatic rings. The van der Waals surface area contributed by atoms with Gasteiger partial charge in [-0.15, -0.1) is 0 Å². The third kappa shape index (κ3) is 13.3. The van der Waals surface area contributed by atoms with E-state index < -0.39 is 5.67 Å². The summed E-state index contributed by atoms with van der Waals surface area (Å²) < 4.78 is 13.3. The lowest BCUT2D eigenvalue weighted by molar-refractivity contribution is 0.0943. The summed E-state index contributed by atoms with van der Waals surface area (Å²) in [4.78, 5) is 0. The molecule has 128 valence electrons. The molecule has 0 saturated heterocycles. The first kappa shape index (κ1) is 20.9. The molecule has 0 bridgehead atoms. The smallest absolute Gasteiger partial charge is 0.108 e. The molecule has 1 N–H and O–H groups in total. The van der Waals surface area contributed by atoms with Crippen molar-refractivity contribution in [3.8, 4) is 0 Å². The van der Waals surface area contributed by atoms with Gasteiger partial charge in [-0.05, 0) is 58.5 Å². The maximum absolute atomic E-state index is 13.3. The second-order valence-corrected chi connectivity index (χ2v) is 7.06.